The van der Waals surface area contributed by atoms with E-state index in [1.807, 2.05) is 12.1 Å². The fraction of sp³-hybridized carbons (Fsp3) is 0.154. The van der Waals surface area contributed by atoms with Gasteiger partial charge in [0, 0.05) is 31.3 Å². The van der Waals surface area contributed by atoms with Gasteiger partial charge < -0.3 is 11.1 Å². The van der Waals surface area contributed by atoms with Gasteiger partial charge in [-0.2, -0.15) is 20.1 Å². The zero-order valence-corrected chi connectivity index (χ0v) is 11.2. The van der Waals surface area contributed by atoms with E-state index in [9.17, 15) is 0 Å². The van der Waals surface area contributed by atoms with Crippen LogP contribution in [0.4, 0.5) is 11.9 Å². The van der Waals surface area contributed by atoms with Gasteiger partial charge in [0.1, 0.15) is 0 Å². The minimum atomic E-state index is 0.155. The molecule has 21 heavy (non-hydrogen) atoms. The minimum absolute atomic E-state index is 0.155. The van der Waals surface area contributed by atoms with E-state index >= 15 is 0 Å². The molecule has 3 heterocycles. The largest absolute Gasteiger partial charge is 0.368 e. The van der Waals surface area contributed by atoms with Crippen LogP contribution in [0.1, 0.15) is 5.56 Å². The van der Waals surface area contributed by atoms with E-state index < -0.39 is 0 Å². The summed E-state index contributed by atoms with van der Waals surface area (Å²) in [5.41, 5.74) is 6.88. The highest BCUT2D eigenvalue weighted by Gasteiger charge is 2.06. The summed E-state index contributed by atoms with van der Waals surface area (Å²) < 4.78 is 1.53. The van der Waals surface area contributed by atoms with E-state index in [0.717, 1.165) is 6.42 Å². The van der Waals surface area contributed by atoms with Crippen molar-refractivity contribution in [1.29, 1.82) is 0 Å². The Bertz CT molecular complexity index is 695. The maximum Gasteiger partial charge on any atom is 0.257 e. The minimum Gasteiger partial charge on any atom is -0.368 e. The normalized spacial score (nSPS) is 10.5. The van der Waals surface area contributed by atoms with E-state index in [1.165, 1.54) is 10.2 Å². The Balaban J connectivity index is 1.68. The van der Waals surface area contributed by atoms with Gasteiger partial charge in [0.2, 0.25) is 11.9 Å². The molecule has 8 nitrogen and oxygen atoms in total. The van der Waals surface area contributed by atoms with Gasteiger partial charge in [0.25, 0.3) is 5.95 Å². The van der Waals surface area contributed by atoms with Gasteiger partial charge >= 0.3 is 0 Å². The number of pyridine rings is 1. The van der Waals surface area contributed by atoms with Gasteiger partial charge in [0.05, 0.1) is 0 Å². The molecular weight excluding hydrogens is 268 g/mol. The number of hydrogen-bond donors (Lipinski definition) is 2. The molecule has 0 spiro atoms. The topological polar surface area (TPSA) is 107 Å². The van der Waals surface area contributed by atoms with Gasteiger partial charge in [0.15, 0.2) is 0 Å². The van der Waals surface area contributed by atoms with Crippen molar-refractivity contribution in [1.82, 2.24) is 29.7 Å². The van der Waals surface area contributed by atoms with Crippen molar-refractivity contribution in [3.05, 3.63) is 48.5 Å². The Hall–Kier alpha value is -3.03. The summed E-state index contributed by atoms with van der Waals surface area (Å²) in [6.07, 6.45) is 7.77. The Morgan fingerprint density at radius 1 is 1.10 bits per heavy atom. The van der Waals surface area contributed by atoms with Crippen molar-refractivity contribution in [2.75, 3.05) is 17.6 Å². The van der Waals surface area contributed by atoms with Crippen molar-refractivity contribution >= 4 is 11.9 Å². The predicted molar refractivity (Wildman–Crippen MR) is 77.8 cm³/mol. The lowest BCUT2D eigenvalue weighted by Crippen LogP contribution is -2.13. The first kappa shape index (κ1) is 13.0. The van der Waals surface area contributed by atoms with E-state index in [2.05, 4.69) is 30.4 Å². The van der Waals surface area contributed by atoms with Crippen molar-refractivity contribution in [3.63, 3.8) is 0 Å². The predicted octanol–water partition coefficient (Wildman–Crippen LogP) is 0.689. The first-order valence-electron chi connectivity index (χ1n) is 6.45. The van der Waals surface area contributed by atoms with Gasteiger partial charge in [-0.05, 0) is 30.2 Å². The maximum atomic E-state index is 5.70. The van der Waals surface area contributed by atoms with E-state index in [0.29, 0.717) is 18.4 Å². The molecule has 0 aliphatic rings. The van der Waals surface area contributed by atoms with Crippen LogP contribution in [0.15, 0.2) is 43.0 Å². The van der Waals surface area contributed by atoms with Crippen LogP contribution in [0.2, 0.25) is 0 Å². The molecule has 0 atom stereocenters. The number of nitrogens with one attached hydrogen (secondary N) is 1. The van der Waals surface area contributed by atoms with Crippen LogP contribution in [0, 0.1) is 0 Å². The highest BCUT2D eigenvalue weighted by atomic mass is 15.4. The average molecular weight is 282 g/mol. The van der Waals surface area contributed by atoms with Crippen molar-refractivity contribution in [3.8, 4) is 5.95 Å². The smallest absolute Gasteiger partial charge is 0.257 e. The molecule has 8 heteroatoms. The fourth-order valence-electron chi connectivity index (χ4n) is 1.82. The molecule has 0 saturated heterocycles. The number of nitrogens with two attached hydrogens (primary N) is 1. The van der Waals surface area contributed by atoms with Crippen LogP contribution in [-0.2, 0) is 6.42 Å². The van der Waals surface area contributed by atoms with Gasteiger partial charge in [-0.3, -0.25) is 4.98 Å². The number of anilines is 2. The standard InChI is InChI=1S/C13H14N8/c14-11-18-12(16-8-4-10-2-6-15-7-3-10)20-13(19-11)21-9-1-5-17-21/h1-3,5-7,9H,4,8H2,(H3,14,16,18,19,20). The zero-order valence-electron chi connectivity index (χ0n) is 11.2. The number of nitrogen functional groups attached to an aromatic ring is 1. The Morgan fingerprint density at radius 2 is 1.95 bits per heavy atom. The molecular formula is C13H14N8. The molecule has 0 aliphatic carbocycles. The number of nitrogens with zero attached hydrogens (tertiary/aromatic N) is 6. The van der Waals surface area contributed by atoms with Crippen molar-refractivity contribution in [2.24, 2.45) is 0 Å². The average Bonchev–Trinajstić information content (AvgIpc) is 3.02. The highest BCUT2D eigenvalue weighted by molar-refractivity contribution is 5.35. The molecule has 0 radical (unpaired) electrons. The molecule has 3 N–H and O–H groups in total. The second-order valence-electron chi connectivity index (χ2n) is 4.30. The van der Waals surface area contributed by atoms with Crippen LogP contribution in [-0.4, -0.2) is 36.3 Å². The zero-order chi connectivity index (χ0) is 14.5. The Morgan fingerprint density at radius 3 is 2.71 bits per heavy atom. The summed E-state index contributed by atoms with van der Waals surface area (Å²) in [5.74, 6) is 0.975. The third-order valence-electron chi connectivity index (χ3n) is 2.80. The van der Waals surface area contributed by atoms with Crippen molar-refractivity contribution in [2.45, 2.75) is 6.42 Å². The van der Waals surface area contributed by atoms with Crippen LogP contribution >= 0.6 is 0 Å². The maximum absolute atomic E-state index is 5.70. The Kier molecular flexibility index (Phi) is 3.68. The lowest BCUT2D eigenvalue weighted by atomic mass is 10.2. The molecule has 106 valence electrons. The summed E-state index contributed by atoms with van der Waals surface area (Å²) in [6, 6.07) is 5.73. The lowest BCUT2D eigenvalue weighted by molar-refractivity contribution is 0.798. The van der Waals surface area contributed by atoms with Gasteiger partial charge in [-0.1, -0.05) is 0 Å². The van der Waals surface area contributed by atoms with Crippen LogP contribution in [0.5, 0.6) is 0 Å². The molecule has 3 rings (SSSR count). The molecule has 3 aromatic rings. The number of hydrogen-bond acceptors (Lipinski definition) is 7. The summed E-state index contributed by atoms with van der Waals surface area (Å²) in [5, 5.41) is 7.20. The quantitative estimate of drug-likeness (QED) is 0.708. The lowest BCUT2D eigenvalue weighted by Gasteiger charge is -2.07. The molecule has 0 aromatic carbocycles. The summed E-state index contributed by atoms with van der Waals surface area (Å²) in [7, 11) is 0. The molecule has 3 aromatic heterocycles. The Labute approximate surface area is 121 Å². The van der Waals surface area contributed by atoms with Crippen LogP contribution in [0.25, 0.3) is 5.95 Å². The molecule has 0 bridgehead atoms. The first-order valence-corrected chi connectivity index (χ1v) is 6.45. The van der Waals surface area contributed by atoms with Crippen LogP contribution < -0.4 is 11.1 Å². The molecule has 0 aliphatic heterocycles. The fourth-order valence-corrected chi connectivity index (χ4v) is 1.82. The van der Waals surface area contributed by atoms with Gasteiger partial charge in [-0.15, -0.1) is 0 Å². The summed E-state index contributed by atoms with van der Waals surface area (Å²) in [4.78, 5) is 16.4. The number of aromatic nitrogens is 6. The van der Waals surface area contributed by atoms with Crippen LogP contribution in [0.3, 0.4) is 0 Å². The second kappa shape index (κ2) is 5.95. The van der Waals surface area contributed by atoms with E-state index in [-0.39, 0.29) is 5.95 Å². The number of rotatable bonds is 5. The van der Waals surface area contributed by atoms with Gasteiger partial charge in [-0.25, -0.2) is 4.68 Å². The third kappa shape index (κ3) is 3.30. The second-order valence-corrected chi connectivity index (χ2v) is 4.30. The van der Waals surface area contributed by atoms with E-state index in [4.69, 9.17) is 5.73 Å². The summed E-state index contributed by atoms with van der Waals surface area (Å²) >= 11 is 0. The molecule has 0 unspecified atom stereocenters. The van der Waals surface area contributed by atoms with Crippen molar-refractivity contribution < 1.29 is 0 Å². The SMILES string of the molecule is Nc1nc(NCCc2ccncc2)nc(-n2cccn2)n1. The molecule has 0 fully saturated rings. The van der Waals surface area contributed by atoms with E-state index in [1.54, 1.807) is 30.9 Å². The molecule has 0 amide bonds. The molecule has 0 saturated carbocycles. The monoisotopic (exact) mass is 282 g/mol. The highest BCUT2D eigenvalue weighted by Crippen LogP contribution is 2.06. The first-order chi connectivity index (χ1) is 10.3. The summed E-state index contributed by atoms with van der Waals surface area (Å²) in [6.45, 7) is 0.687. The third-order valence-corrected chi connectivity index (χ3v) is 2.80.